The predicted octanol–water partition coefficient (Wildman–Crippen LogP) is 4.94. The summed E-state index contributed by atoms with van der Waals surface area (Å²) in [6.07, 6.45) is -0.387. The normalized spacial score (nSPS) is 28.0. The average Bonchev–Trinajstić information content (AvgIpc) is 3.67. The summed E-state index contributed by atoms with van der Waals surface area (Å²) in [7, 11) is 0. The van der Waals surface area contributed by atoms with Crippen molar-refractivity contribution < 1.29 is 33.2 Å². The molecule has 0 unspecified atom stereocenters. The molecule has 0 spiro atoms. The van der Waals surface area contributed by atoms with Gasteiger partial charge >= 0.3 is 0 Å². The van der Waals surface area contributed by atoms with Crippen LogP contribution < -0.4 is 0 Å². The van der Waals surface area contributed by atoms with E-state index in [4.69, 9.17) is 23.7 Å². The molecule has 3 aliphatic heterocycles. The fourth-order valence-electron chi connectivity index (χ4n) is 5.83. The minimum atomic E-state index is -0.801. The third-order valence-electron chi connectivity index (χ3n) is 7.53. The zero-order chi connectivity index (χ0) is 29.2. The molecular weight excluding hydrogens is 547 g/mol. The maximum absolute atomic E-state index is 13.3. The number of fused-ring (bicyclic) bond motifs is 4. The Labute approximate surface area is 240 Å². The molecule has 4 aromatic rings. The minimum absolute atomic E-state index is 0.0687. The van der Waals surface area contributed by atoms with Crippen LogP contribution in [-0.4, -0.2) is 66.9 Å². The quantitative estimate of drug-likeness (QED) is 0.319. The molecule has 0 radical (unpaired) electrons. The van der Waals surface area contributed by atoms with Crippen molar-refractivity contribution >= 4 is 22.3 Å². The Hall–Kier alpha value is -3.75. The molecule has 42 heavy (non-hydrogen) atoms. The number of ether oxygens (including phenoxy) is 5. The molecule has 7 rings (SSSR count). The first-order valence-corrected chi connectivity index (χ1v) is 13.8. The van der Waals surface area contributed by atoms with E-state index >= 15 is 0 Å². The molecule has 2 aromatic heterocycles. The number of nitrogens with zero attached hydrogens (tertiary/aromatic N) is 6. The van der Waals surface area contributed by atoms with Crippen molar-refractivity contribution in [3.63, 3.8) is 0 Å². The molecule has 3 fully saturated rings. The highest BCUT2D eigenvalue weighted by molar-refractivity contribution is 5.95. The first-order valence-electron chi connectivity index (χ1n) is 13.8. The molecule has 2 aromatic carbocycles. The Balaban J connectivity index is 1.12. The summed E-state index contributed by atoms with van der Waals surface area (Å²) in [5, 5.41) is 29.0. The molecule has 5 heterocycles. The lowest BCUT2D eigenvalue weighted by molar-refractivity contribution is -0.236. The monoisotopic (exact) mass is 578 g/mol. The summed E-state index contributed by atoms with van der Waals surface area (Å²) in [6, 6.07) is 13.1. The fraction of sp³-hybridized carbons (Fsp3) is 0.448. The van der Waals surface area contributed by atoms with Gasteiger partial charge in [0.2, 0.25) is 5.88 Å². The Morgan fingerprint density at radius 3 is 2.43 bits per heavy atom. The lowest BCUT2D eigenvalue weighted by Gasteiger charge is -2.37. The zero-order valence-corrected chi connectivity index (χ0v) is 23.5. The van der Waals surface area contributed by atoms with Crippen molar-refractivity contribution in [3.8, 4) is 5.88 Å². The van der Waals surface area contributed by atoms with E-state index in [1.165, 1.54) is 24.3 Å². The highest BCUT2D eigenvalue weighted by atomic mass is 19.1. The second-order valence-corrected chi connectivity index (χ2v) is 11.6. The Morgan fingerprint density at radius 1 is 0.905 bits per heavy atom. The number of azo groups is 1. The summed E-state index contributed by atoms with van der Waals surface area (Å²) < 4.78 is 47.5. The maximum Gasteiger partial charge on any atom is 0.221 e. The topological polar surface area (TPSA) is 127 Å². The van der Waals surface area contributed by atoms with E-state index in [-0.39, 0.29) is 24.3 Å². The standard InChI is InChI=1S/C29H31FN6O6/c1-28(2)39-23-21(38-27-25(24(23)40-28)41-29(3,4)42-27)15-35-13-18(32-34-35)14-36-20-8-6-5-7-19(20)22(26(36)37)33-31-17-11-9-16(30)10-12-17/h5-13,21,23-25,27,37H,14-15H2,1-4H3/t21-,23+,24+,25-,27-/m1/s1. The van der Waals surface area contributed by atoms with Gasteiger partial charge in [0.25, 0.3) is 0 Å². The molecule has 13 heteroatoms. The van der Waals surface area contributed by atoms with Gasteiger partial charge in [-0.15, -0.1) is 10.2 Å². The number of hydrogen-bond acceptors (Lipinski definition) is 10. The smallest absolute Gasteiger partial charge is 0.221 e. The van der Waals surface area contributed by atoms with Gasteiger partial charge in [-0.3, -0.25) is 0 Å². The van der Waals surface area contributed by atoms with E-state index in [9.17, 15) is 9.50 Å². The third kappa shape index (κ3) is 4.96. The number of benzene rings is 2. The molecule has 0 saturated carbocycles. The number of para-hydroxylation sites is 1. The number of hydrogen-bond donors (Lipinski definition) is 1. The van der Waals surface area contributed by atoms with Gasteiger partial charge in [-0.2, -0.15) is 5.11 Å². The number of halogens is 1. The average molecular weight is 579 g/mol. The van der Waals surface area contributed by atoms with Gasteiger partial charge in [-0.25, -0.2) is 9.07 Å². The van der Waals surface area contributed by atoms with Gasteiger partial charge < -0.3 is 33.4 Å². The lowest BCUT2D eigenvalue weighted by atomic mass is 9.99. The van der Waals surface area contributed by atoms with Gasteiger partial charge in [-0.1, -0.05) is 23.4 Å². The maximum atomic E-state index is 13.3. The van der Waals surface area contributed by atoms with Crippen LogP contribution in [0.1, 0.15) is 33.4 Å². The van der Waals surface area contributed by atoms with Crippen LogP contribution >= 0.6 is 0 Å². The lowest BCUT2D eigenvalue weighted by Crippen LogP contribution is -2.56. The van der Waals surface area contributed by atoms with Crippen LogP contribution in [0.25, 0.3) is 10.9 Å². The summed E-state index contributed by atoms with van der Waals surface area (Å²) in [5.41, 5.74) is 2.14. The molecule has 3 aliphatic rings. The zero-order valence-electron chi connectivity index (χ0n) is 23.5. The van der Waals surface area contributed by atoms with E-state index in [0.29, 0.717) is 29.0 Å². The van der Waals surface area contributed by atoms with E-state index < -0.39 is 36.2 Å². The van der Waals surface area contributed by atoms with Crippen molar-refractivity contribution in [2.45, 2.75) is 83.1 Å². The summed E-state index contributed by atoms with van der Waals surface area (Å²) in [4.78, 5) is 0. The van der Waals surface area contributed by atoms with E-state index in [0.717, 1.165) is 5.52 Å². The number of aromatic nitrogens is 4. The molecule has 5 atom stereocenters. The molecule has 0 bridgehead atoms. The second-order valence-electron chi connectivity index (χ2n) is 11.6. The van der Waals surface area contributed by atoms with Crippen LogP contribution in [0, 0.1) is 5.82 Å². The van der Waals surface area contributed by atoms with Crippen LogP contribution in [-0.2, 0) is 36.8 Å². The van der Waals surface area contributed by atoms with Crippen molar-refractivity contribution in [1.29, 1.82) is 0 Å². The molecule has 1 N–H and O–H groups in total. The molecule has 12 nitrogen and oxygen atoms in total. The summed E-state index contributed by atoms with van der Waals surface area (Å²) in [6.45, 7) is 8.01. The number of aromatic hydroxyl groups is 1. The van der Waals surface area contributed by atoms with Gasteiger partial charge in [0.15, 0.2) is 23.6 Å². The summed E-state index contributed by atoms with van der Waals surface area (Å²) in [5.74, 6) is -2.03. The predicted molar refractivity (Wildman–Crippen MR) is 146 cm³/mol. The molecule has 3 saturated heterocycles. The highest BCUT2D eigenvalue weighted by Gasteiger charge is 2.60. The Bertz CT molecular complexity index is 1650. The molecule has 0 amide bonds. The third-order valence-corrected chi connectivity index (χ3v) is 7.53. The SMILES string of the molecule is CC1(C)O[C@H]2[C@@H](O1)[C@@H](Cn1cc(Cn3c(O)c(N=Nc4ccc(F)cc4)c4ccccc43)nn1)O[C@@H]1OC(C)(C)O[C@@H]12. The Kier molecular flexibility index (Phi) is 6.40. The van der Waals surface area contributed by atoms with E-state index in [1.807, 2.05) is 52.0 Å². The van der Waals surface area contributed by atoms with Gasteiger partial charge in [0.05, 0.1) is 30.5 Å². The van der Waals surface area contributed by atoms with Crippen molar-refractivity contribution in [2.24, 2.45) is 10.2 Å². The number of rotatable bonds is 6. The van der Waals surface area contributed by atoms with Gasteiger partial charge in [0.1, 0.15) is 35.9 Å². The van der Waals surface area contributed by atoms with Crippen LogP contribution in [0.2, 0.25) is 0 Å². The largest absolute Gasteiger partial charge is 0.493 e. The summed E-state index contributed by atoms with van der Waals surface area (Å²) >= 11 is 0. The highest BCUT2D eigenvalue weighted by Crippen LogP contribution is 2.44. The van der Waals surface area contributed by atoms with Crippen LogP contribution in [0.15, 0.2) is 65.0 Å². The van der Waals surface area contributed by atoms with Gasteiger partial charge in [-0.05, 0) is 58.0 Å². The van der Waals surface area contributed by atoms with Crippen LogP contribution in [0.4, 0.5) is 15.8 Å². The second kappa shape index (κ2) is 9.92. The van der Waals surface area contributed by atoms with Crippen LogP contribution in [0.5, 0.6) is 5.88 Å². The fourth-order valence-corrected chi connectivity index (χ4v) is 5.83. The molecule has 220 valence electrons. The van der Waals surface area contributed by atoms with E-state index in [1.54, 1.807) is 15.4 Å². The van der Waals surface area contributed by atoms with E-state index in [2.05, 4.69) is 20.5 Å². The molecular formula is C29H31FN6O6. The minimum Gasteiger partial charge on any atom is -0.493 e. The van der Waals surface area contributed by atoms with Crippen molar-refractivity contribution in [2.75, 3.05) is 0 Å². The first kappa shape index (κ1) is 27.1. The van der Waals surface area contributed by atoms with Crippen molar-refractivity contribution in [3.05, 3.63) is 66.2 Å². The van der Waals surface area contributed by atoms with Crippen molar-refractivity contribution in [1.82, 2.24) is 19.6 Å². The first-order chi connectivity index (χ1) is 20.1. The Morgan fingerprint density at radius 2 is 1.62 bits per heavy atom. The molecule has 0 aliphatic carbocycles. The van der Waals surface area contributed by atoms with Gasteiger partial charge in [0, 0.05) is 5.39 Å². The van der Waals surface area contributed by atoms with Crippen LogP contribution in [0.3, 0.4) is 0 Å².